The van der Waals surface area contributed by atoms with Crippen LogP contribution in [0, 0.1) is 46.3 Å². The number of fused-ring (bicyclic) bond motifs is 5. The van der Waals surface area contributed by atoms with Gasteiger partial charge in [0.15, 0.2) is 0 Å². The number of nitrogens with one attached hydrogen (secondary N) is 1. The number of imide groups is 1. The van der Waals surface area contributed by atoms with Crippen molar-refractivity contribution in [2.75, 3.05) is 0 Å². The Morgan fingerprint density at radius 1 is 0.969 bits per heavy atom. The lowest BCUT2D eigenvalue weighted by Crippen LogP contribution is -2.62. The quantitative estimate of drug-likeness (QED) is 0.560. The van der Waals surface area contributed by atoms with Gasteiger partial charge in [-0.25, -0.2) is 0 Å². The number of thioether (sulfide) groups is 1. The van der Waals surface area contributed by atoms with E-state index in [9.17, 15) is 19.8 Å². The maximum atomic E-state index is 12.0. The second kappa shape index (κ2) is 8.27. The van der Waals surface area contributed by atoms with Gasteiger partial charge in [-0.2, -0.15) is 0 Å². The summed E-state index contributed by atoms with van der Waals surface area (Å²) in [5, 5.41) is 24.2. The molecule has 0 aromatic rings. The van der Waals surface area contributed by atoms with Crippen LogP contribution in [0.1, 0.15) is 85.0 Å². The topological polar surface area (TPSA) is 86.6 Å². The van der Waals surface area contributed by atoms with Crippen LogP contribution in [0.2, 0.25) is 0 Å². The minimum Gasteiger partial charge on any atom is -0.393 e. The summed E-state index contributed by atoms with van der Waals surface area (Å²) in [5.74, 6) is 2.66. The van der Waals surface area contributed by atoms with Gasteiger partial charge in [0.2, 0.25) is 5.91 Å². The van der Waals surface area contributed by atoms with Crippen molar-refractivity contribution in [3.05, 3.63) is 0 Å². The van der Waals surface area contributed by atoms with E-state index in [1.807, 2.05) is 0 Å². The third kappa shape index (κ3) is 3.41. The van der Waals surface area contributed by atoms with Crippen LogP contribution in [0.5, 0.6) is 0 Å². The van der Waals surface area contributed by atoms with Crippen LogP contribution in [0.3, 0.4) is 0 Å². The van der Waals surface area contributed by atoms with Crippen LogP contribution >= 0.6 is 11.8 Å². The Bertz CT molecular complexity index is 775. The lowest BCUT2D eigenvalue weighted by molar-refractivity contribution is -0.202. The first kappa shape index (κ1) is 23.2. The highest BCUT2D eigenvalue weighted by molar-refractivity contribution is 8.15. The molecule has 5 aliphatic rings. The van der Waals surface area contributed by atoms with Crippen LogP contribution in [0.15, 0.2) is 0 Å². The highest BCUT2D eigenvalue weighted by atomic mass is 32.2. The summed E-state index contributed by atoms with van der Waals surface area (Å²) in [6.45, 7) is 7.17. The zero-order valence-electron chi connectivity index (χ0n) is 19.9. The summed E-state index contributed by atoms with van der Waals surface area (Å²) >= 11 is 1.16. The molecule has 5 nitrogen and oxygen atoms in total. The highest BCUT2D eigenvalue weighted by Gasteiger charge is 2.64. The molecule has 1 aliphatic heterocycles. The van der Waals surface area contributed by atoms with Crippen LogP contribution in [0.25, 0.3) is 0 Å². The predicted molar refractivity (Wildman–Crippen MR) is 126 cm³/mol. The number of aliphatic hydroxyl groups excluding tert-OH is 2. The fraction of sp³-hybridized carbons (Fsp3) is 0.923. The predicted octanol–water partition coefficient (Wildman–Crippen LogP) is 4.74. The molecule has 0 spiro atoms. The van der Waals surface area contributed by atoms with Gasteiger partial charge in [-0.3, -0.25) is 14.9 Å². The Kier molecular flexibility index (Phi) is 5.98. The monoisotopic (exact) mass is 463 g/mol. The number of aliphatic hydroxyl groups is 2. The summed E-state index contributed by atoms with van der Waals surface area (Å²) in [6.07, 6.45) is 9.93. The molecule has 3 N–H and O–H groups in total. The third-order valence-corrected chi connectivity index (χ3v) is 12.2. The van der Waals surface area contributed by atoms with Crippen molar-refractivity contribution in [3.8, 4) is 0 Å². The number of carbonyl (C=O) groups is 2. The number of hydrogen-bond acceptors (Lipinski definition) is 5. The smallest absolute Gasteiger partial charge is 0.286 e. The standard InChI is InChI=1S/C26H41NO4S/c1-4-16-19-13-15(28)9-11-26(19,3)18-10-12-25(2)14(5-7-17(25)21(18)22(16)29)6-8-20-23(30)27-24(31)32-20/h14-22,28-29H,4-13H2,1-3H3,(H,27,30,31)/t14-,15-,16-,17?,18?,19+,20-,21?,22-,25-,26-/m1/s1. The third-order valence-electron chi connectivity index (χ3n) is 11.1. The minimum absolute atomic E-state index is 0.115. The van der Waals surface area contributed by atoms with E-state index >= 15 is 0 Å². The molecule has 3 unspecified atom stereocenters. The van der Waals surface area contributed by atoms with Crippen LogP contribution in [-0.4, -0.2) is 38.8 Å². The Morgan fingerprint density at radius 3 is 2.38 bits per heavy atom. The Morgan fingerprint density at radius 2 is 1.69 bits per heavy atom. The van der Waals surface area contributed by atoms with Crippen LogP contribution in [-0.2, 0) is 4.79 Å². The number of carbonyl (C=O) groups excluding carboxylic acids is 2. The molecule has 4 saturated carbocycles. The van der Waals surface area contributed by atoms with Crippen molar-refractivity contribution < 1.29 is 19.8 Å². The van der Waals surface area contributed by atoms with Gasteiger partial charge in [0, 0.05) is 0 Å². The lowest BCUT2D eigenvalue weighted by Gasteiger charge is -2.64. The molecule has 4 aliphatic carbocycles. The van der Waals surface area contributed by atoms with Crippen molar-refractivity contribution in [2.45, 2.75) is 102 Å². The van der Waals surface area contributed by atoms with Gasteiger partial charge in [0.25, 0.3) is 5.24 Å². The van der Waals surface area contributed by atoms with Gasteiger partial charge < -0.3 is 10.2 Å². The zero-order chi connectivity index (χ0) is 22.8. The van der Waals surface area contributed by atoms with Crippen molar-refractivity contribution in [2.24, 2.45) is 46.3 Å². The summed E-state index contributed by atoms with van der Waals surface area (Å²) < 4.78 is 0. The molecule has 0 bridgehead atoms. The van der Waals surface area contributed by atoms with Gasteiger partial charge >= 0.3 is 0 Å². The first-order valence-electron chi connectivity index (χ1n) is 13.1. The summed E-state index contributed by atoms with van der Waals surface area (Å²) in [4.78, 5) is 23.6. The van der Waals surface area contributed by atoms with Crippen molar-refractivity contribution in [3.63, 3.8) is 0 Å². The summed E-state index contributed by atoms with van der Waals surface area (Å²) in [6, 6.07) is 0. The van der Waals surface area contributed by atoms with E-state index < -0.39 is 0 Å². The molecule has 6 heteroatoms. The van der Waals surface area contributed by atoms with E-state index in [2.05, 4.69) is 26.1 Å². The molecule has 32 heavy (non-hydrogen) atoms. The van der Waals surface area contributed by atoms with E-state index in [0.29, 0.717) is 35.5 Å². The molecule has 0 radical (unpaired) electrons. The summed E-state index contributed by atoms with van der Waals surface area (Å²) in [5.41, 5.74) is 0.462. The maximum Gasteiger partial charge on any atom is 0.286 e. The van der Waals surface area contributed by atoms with Crippen molar-refractivity contribution in [1.82, 2.24) is 5.32 Å². The molecule has 2 amide bonds. The normalized spacial score (nSPS) is 52.8. The molecule has 1 heterocycles. The summed E-state index contributed by atoms with van der Waals surface area (Å²) in [7, 11) is 0. The molecule has 180 valence electrons. The molecule has 5 fully saturated rings. The maximum absolute atomic E-state index is 12.0. The van der Waals surface area contributed by atoms with Gasteiger partial charge in [-0.05, 0) is 104 Å². The molecule has 0 aromatic heterocycles. The highest BCUT2D eigenvalue weighted by Crippen LogP contribution is 2.69. The average molecular weight is 464 g/mol. The SMILES string of the molecule is CC[C@H]1[C@@H](O)C2C3CC[C@H](CC[C@H]4SC(=O)NC4=O)[C@@]3(C)CCC2[C@@]2(C)CC[C@@H](O)C[C@@H]12. The number of amides is 2. The molecule has 1 saturated heterocycles. The Labute approximate surface area is 196 Å². The van der Waals surface area contributed by atoms with E-state index in [1.54, 1.807) is 0 Å². The van der Waals surface area contributed by atoms with Gasteiger partial charge in [-0.1, -0.05) is 39.0 Å². The Hall–Kier alpha value is -0.590. The van der Waals surface area contributed by atoms with E-state index in [4.69, 9.17) is 0 Å². The molecule has 0 aromatic carbocycles. The van der Waals surface area contributed by atoms with Gasteiger partial charge in [-0.15, -0.1) is 0 Å². The number of hydrogen-bond donors (Lipinski definition) is 3. The second-order valence-corrected chi connectivity index (χ2v) is 13.3. The van der Waals surface area contributed by atoms with Crippen molar-refractivity contribution in [1.29, 1.82) is 0 Å². The molecule has 5 rings (SSSR count). The Balaban J connectivity index is 1.36. The molecule has 11 atom stereocenters. The fourth-order valence-electron chi connectivity index (χ4n) is 9.48. The lowest BCUT2D eigenvalue weighted by atomic mass is 9.41. The first-order chi connectivity index (χ1) is 15.2. The minimum atomic E-state index is -0.259. The van der Waals surface area contributed by atoms with Gasteiger partial charge in [0.1, 0.15) is 0 Å². The van der Waals surface area contributed by atoms with Crippen molar-refractivity contribution >= 4 is 22.9 Å². The van der Waals surface area contributed by atoms with Crippen LogP contribution in [0.4, 0.5) is 4.79 Å². The fourth-order valence-corrected chi connectivity index (χ4v) is 10.3. The average Bonchev–Trinajstić information content (AvgIpc) is 3.25. The van der Waals surface area contributed by atoms with E-state index in [0.717, 1.165) is 50.3 Å². The molecular weight excluding hydrogens is 422 g/mol. The largest absolute Gasteiger partial charge is 0.393 e. The number of rotatable bonds is 4. The van der Waals surface area contributed by atoms with E-state index in [-0.39, 0.29) is 39.4 Å². The first-order valence-corrected chi connectivity index (χ1v) is 13.9. The second-order valence-electron chi connectivity index (χ2n) is 12.2. The van der Waals surface area contributed by atoms with Crippen LogP contribution < -0.4 is 5.32 Å². The van der Waals surface area contributed by atoms with Gasteiger partial charge in [0.05, 0.1) is 17.5 Å². The zero-order valence-corrected chi connectivity index (χ0v) is 20.7. The molecular formula is C26H41NO4S. The van der Waals surface area contributed by atoms with E-state index in [1.165, 1.54) is 25.7 Å².